The number of rotatable bonds is 6. The Morgan fingerprint density at radius 3 is 2.40 bits per heavy atom. The monoisotopic (exact) mass is 279 g/mol. The highest BCUT2D eigenvalue weighted by molar-refractivity contribution is 4.94. The summed E-state index contributed by atoms with van der Waals surface area (Å²) >= 11 is 0. The van der Waals surface area contributed by atoms with Crippen molar-refractivity contribution in [2.45, 2.75) is 72.6 Å². The first-order chi connectivity index (χ1) is 9.49. The van der Waals surface area contributed by atoms with Gasteiger partial charge >= 0.3 is 0 Å². The van der Waals surface area contributed by atoms with Crippen LogP contribution >= 0.6 is 0 Å². The molecule has 2 fully saturated rings. The van der Waals surface area contributed by atoms with Crippen molar-refractivity contribution in [3.05, 3.63) is 4.91 Å². The summed E-state index contributed by atoms with van der Waals surface area (Å²) in [5, 5.41) is 3.09. The predicted octanol–water partition coefficient (Wildman–Crippen LogP) is 5.66. The zero-order valence-corrected chi connectivity index (χ0v) is 13.9. The van der Waals surface area contributed by atoms with E-state index in [4.69, 9.17) is 0 Å². The van der Waals surface area contributed by atoms with Gasteiger partial charge < -0.3 is 0 Å². The molecule has 20 heavy (non-hydrogen) atoms. The molecule has 5 unspecified atom stereocenters. The Morgan fingerprint density at radius 2 is 1.80 bits per heavy atom. The van der Waals surface area contributed by atoms with Crippen LogP contribution in [0.15, 0.2) is 5.18 Å². The minimum atomic E-state index is 0.440. The molecule has 5 atom stereocenters. The number of nitroso groups, excluding NO2 is 1. The molecule has 0 N–H and O–H groups in total. The standard InChI is InChI=1S/C18H33NO/c1-5-18(3,4)17-9-7-15-12-14(15)6-8-16(17)13(2)10-11-19-20/h13-17H,5-12H2,1-4H3. The highest BCUT2D eigenvalue weighted by Gasteiger charge is 2.44. The molecule has 2 nitrogen and oxygen atoms in total. The quantitative estimate of drug-likeness (QED) is 0.577. The maximum absolute atomic E-state index is 10.5. The van der Waals surface area contributed by atoms with Gasteiger partial charge in [0.05, 0.1) is 6.54 Å². The predicted molar refractivity (Wildman–Crippen MR) is 85.6 cm³/mol. The van der Waals surface area contributed by atoms with E-state index >= 15 is 0 Å². The summed E-state index contributed by atoms with van der Waals surface area (Å²) in [4.78, 5) is 10.5. The van der Waals surface area contributed by atoms with Crippen LogP contribution in [0.3, 0.4) is 0 Å². The van der Waals surface area contributed by atoms with E-state index in [0.29, 0.717) is 17.9 Å². The lowest BCUT2D eigenvalue weighted by molar-refractivity contribution is 0.0672. The molecule has 0 heterocycles. The third-order valence-electron chi connectivity index (χ3n) is 6.63. The molecule has 0 spiro atoms. The van der Waals surface area contributed by atoms with Gasteiger partial charge in [-0.1, -0.05) is 39.3 Å². The van der Waals surface area contributed by atoms with Gasteiger partial charge in [-0.05, 0) is 73.5 Å². The third kappa shape index (κ3) is 3.62. The number of hydrogen-bond acceptors (Lipinski definition) is 2. The summed E-state index contributed by atoms with van der Waals surface area (Å²) in [6, 6.07) is 0. The van der Waals surface area contributed by atoms with Crippen LogP contribution in [0.2, 0.25) is 0 Å². The molecule has 0 aromatic rings. The van der Waals surface area contributed by atoms with E-state index in [1.54, 1.807) is 0 Å². The van der Waals surface area contributed by atoms with E-state index in [1.807, 2.05) is 0 Å². The van der Waals surface area contributed by atoms with Crippen LogP contribution in [0.1, 0.15) is 72.6 Å². The van der Waals surface area contributed by atoms with Crippen LogP contribution < -0.4 is 0 Å². The topological polar surface area (TPSA) is 29.4 Å². The number of hydrogen-bond donors (Lipinski definition) is 0. The highest BCUT2D eigenvalue weighted by atomic mass is 16.3. The first-order valence-electron chi connectivity index (χ1n) is 8.78. The molecule has 0 bridgehead atoms. The molecule has 2 heteroatoms. The van der Waals surface area contributed by atoms with Crippen molar-refractivity contribution in [1.82, 2.24) is 0 Å². The van der Waals surface area contributed by atoms with Crippen molar-refractivity contribution in [2.24, 2.45) is 40.2 Å². The van der Waals surface area contributed by atoms with Gasteiger partial charge in [0, 0.05) is 0 Å². The van der Waals surface area contributed by atoms with Crippen molar-refractivity contribution in [1.29, 1.82) is 0 Å². The summed E-state index contributed by atoms with van der Waals surface area (Å²) in [5.41, 5.74) is 0.440. The van der Waals surface area contributed by atoms with Gasteiger partial charge in [-0.15, -0.1) is 0 Å². The molecule has 0 aromatic carbocycles. The van der Waals surface area contributed by atoms with Gasteiger partial charge in [-0.3, -0.25) is 0 Å². The average molecular weight is 279 g/mol. The van der Waals surface area contributed by atoms with E-state index in [-0.39, 0.29) is 0 Å². The lowest BCUT2D eigenvalue weighted by atomic mass is 9.62. The van der Waals surface area contributed by atoms with Crippen molar-refractivity contribution in [3.63, 3.8) is 0 Å². The Kier molecular flexibility index (Phi) is 5.25. The van der Waals surface area contributed by atoms with E-state index in [9.17, 15) is 4.91 Å². The van der Waals surface area contributed by atoms with E-state index < -0.39 is 0 Å². The van der Waals surface area contributed by atoms with Crippen LogP contribution in [-0.2, 0) is 0 Å². The summed E-state index contributed by atoms with van der Waals surface area (Å²) in [6.45, 7) is 10.1. The molecule has 116 valence electrons. The van der Waals surface area contributed by atoms with Crippen LogP contribution in [-0.4, -0.2) is 6.54 Å². The Bertz CT molecular complexity index is 325. The maximum atomic E-state index is 10.5. The Labute approximate surface area is 125 Å². The highest BCUT2D eigenvalue weighted by Crippen LogP contribution is 2.53. The van der Waals surface area contributed by atoms with Crippen molar-refractivity contribution in [3.8, 4) is 0 Å². The summed E-state index contributed by atoms with van der Waals surface area (Å²) in [5.74, 6) is 4.38. The van der Waals surface area contributed by atoms with Crippen LogP contribution in [0.25, 0.3) is 0 Å². The summed E-state index contributed by atoms with van der Waals surface area (Å²) in [6.07, 6.45) is 9.43. The number of nitrogens with zero attached hydrogens (tertiary/aromatic N) is 1. The van der Waals surface area contributed by atoms with E-state index in [1.165, 1.54) is 38.5 Å². The molecule has 0 aromatic heterocycles. The Balaban J connectivity index is 2.09. The smallest absolute Gasteiger partial charge is 0.0813 e. The first-order valence-corrected chi connectivity index (χ1v) is 8.78. The second kappa shape index (κ2) is 6.58. The van der Waals surface area contributed by atoms with Crippen LogP contribution in [0.4, 0.5) is 0 Å². The minimum absolute atomic E-state index is 0.440. The normalized spacial score (nSPS) is 35.6. The van der Waals surface area contributed by atoms with Gasteiger partial charge in [-0.2, -0.15) is 4.91 Å². The lowest BCUT2D eigenvalue weighted by Gasteiger charge is -2.43. The maximum Gasteiger partial charge on any atom is 0.0813 e. The van der Waals surface area contributed by atoms with Crippen LogP contribution in [0, 0.1) is 39.9 Å². The van der Waals surface area contributed by atoms with E-state index in [0.717, 1.165) is 30.1 Å². The first kappa shape index (κ1) is 16.0. The minimum Gasteiger partial charge on any atom is -0.151 e. The molecule has 2 aliphatic rings. The van der Waals surface area contributed by atoms with Gasteiger partial charge in [0.15, 0.2) is 0 Å². The van der Waals surface area contributed by atoms with Gasteiger partial charge in [-0.25, -0.2) is 0 Å². The van der Waals surface area contributed by atoms with Crippen molar-refractivity contribution >= 4 is 0 Å². The average Bonchev–Trinajstić information content (AvgIpc) is 3.13. The molecule has 0 aliphatic heterocycles. The fourth-order valence-corrected chi connectivity index (χ4v) is 4.62. The van der Waals surface area contributed by atoms with Gasteiger partial charge in [0.2, 0.25) is 0 Å². The van der Waals surface area contributed by atoms with Gasteiger partial charge in [0.1, 0.15) is 0 Å². The molecule has 2 rings (SSSR count). The molecule has 0 radical (unpaired) electrons. The Hall–Kier alpha value is -0.400. The molecule has 2 saturated carbocycles. The molecule has 0 amide bonds. The second-order valence-corrected chi connectivity index (χ2v) is 8.14. The Morgan fingerprint density at radius 1 is 1.15 bits per heavy atom. The second-order valence-electron chi connectivity index (χ2n) is 8.14. The SMILES string of the molecule is CCC(C)(C)C1CCC2CC2CCC1C(C)CCN=O. The zero-order chi connectivity index (χ0) is 14.8. The van der Waals surface area contributed by atoms with E-state index in [2.05, 4.69) is 32.9 Å². The van der Waals surface area contributed by atoms with Crippen molar-refractivity contribution < 1.29 is 0 Å². The van der Waals surface area contributed by atoms with Gasteiger partial charge in [0.25, 0.3) is 0 Å². The largest absolute Gasteiger partial charge is 0.151 e. The van der Waals surface area contributed by atoms with Crippen LogP contribution in [0.5, 0.6) is 0 Å². The lowest BCUT2D eigenvalue weighted by Crippen LogP contribution is -2.35. The third-order valence-corrected chi connectivity index (χ3v) is 6.63. The molecule has 2 aliphatic carbocycles. The van der Waals surface area contributed by atoms with Crippen molar-refractivity contribution in [2.75, 3.05) is 6.54 Å². The molecular formula is C18H33NO. The molecule has 0 saturated heterocycles. The summed E-state index contributed by atoms with van der Waals surface area (Å²) in [7, 11) is 0. The summed E-state index contributed by atoms with van der Waals surface area (Å²) < 4.78 is 0. The fourth-order valence-electron chi connectivity index (χ4n) is 4.62. The molecular weight excluding hydrogens is 246 g/mol. The zero-order valence-electron chi connectivity index (χ0n) is 13.9. The fraction of sp³-hybridized carbons (Fsp3) is 1.00. The number of fused-ring (bicyclic) bond motifs is 1.